The summed E-state index contributed by atoms with van der Waals surface area (Å²) in [4.78, 5) is 25.2. The minimum absolute atomic E-state index is 0.194. The molecule has 118 valence electrons. The maximum atomic E-state index is 13.1. The van der Waals surface area contributed by atoms with E-state index in [4.69, 9.17) is 0 Å². The topological polar surface area (TPSA) is 73.5 Å². The monoisotopic (exact) mass is 310 g/mol. The standard InChI is InChI=1S/C14H16F2N4O2/c15-14(16)7-11(18-8-14)12(21)19-9-2-1-3-10(6-9)20-5-4-17-13(20)22/h1-3,6,11,18H,4-5,7-8H2,(H,17,22)(H,19,21). The van der Waals surface area contributed by atoms with E-state index in [0.29, 0.717) is 24.5 Å². The zero-order chi connectivity index (χ0) is 15.7. The van der Waals surface area contributed by atoms with Crippen LogP contribution in [0, 0.1) is 0 Å². The number of alkyl halides is 2. The van der Waals surface area contributed by atoms with Crippen molar-refractivity contribution in [1.82, 2.24) is 10.6 Å². The molecule has 1 unspecified atom stereocenters. The smallest absolute Gasteiger partial charge is 0.321 e. The largest absolute Gasteiger partial charge is 0.336 e. The van der Waals surface area contributed by atoms with E-state index < -0.39 is 30.8 Å². The lowest BCUT2D eigenvalue weighted by atomic mass is 10.1. The number of halogens is 2. The van der Waals surface area contributed by atoms with Gasteiger partial charge in [0, 0.05) is 30.9 Å². The number of carbonyl (C=O) groups excluding carboxylic acids is 2. The molecule has 2 aliphatic rings. The van der Waals surface area contributed by atoms with Gasteiger partial charge in [0.05, 0.1) is 12.6 Å². The highest BCUT2D eigenvalue weighted by Crippen LogP contribution is 2.26. The van der Waals surface area contributed by atoms with Crippen LogP contribution in [0.4, 0.5) is 25.0 Å². The molecule has 1 aromatic rings. The van der Waals surface area contributed by atoms with Crippen molar-refractivity contribution >= 4 is 23.3 Å². The van der Waals surface area contributed by atoms with Crippen LogP contribution in [0.1, 0.15) is 6.42 Å². The molecule has 2 fully saturated rings. The second-order valence-corrected chi connectivity index (χ2v) is 5.42. The summed E-state index contributed by atoms with van der Waals surface area (Å²) >= 11 is 0. The number of nitrogens with one attached hydrogen (secondary N) is 3. The van der Waals surface area contributed by atoms with Crippen molar-refractivity contribution in [1.29, 1.82) is 0 Å². The molecule has 0 aliphatic carbocycles. The number of hydrogen-bond acceptors (Lipinski definition) is 3. The molecular weight excluding hydrogens is 294 g/mol. The van der Waals surface area contributed by atoms with Crippen molar-refractivity contribution in [2.75, 3.05) is 29.9 Å². The molecule has 0 aromatic heterocycles. The Bertz CT molecular complexity index is 608. The second-order valence-electron chi connectivity index (χ2n) is 5.42. The molecule has 2 heterocycles. The van der Waals surface area contributed by atoms with Crippen molar-refractivity contribution in [2.24, 2.45) is 0 Å². The number of carbonyl (C=O) groups is 2. The van der Waals surface area contributed by atoms with Crippen LogP contribution in [0.3, 0.4) is 0 Å². The number of nitrogens with zero attached hydrogens (tertiary/aromatic N) is 1. The Morgan fingerprint density at radius 3 is 2.86 bits per heavy atom. The van der Waals surface area contributed by atoms with Crippen molar-refractivity contribution < 1.29 is 18.4 Å². The summed E-state index contributed by atoms with van der Waals surface area (Å²) in [5.74, 6) is -3.35. The molecule has 0 saturated carbocycles. The molecule has 0 bridgehead atoms. The molecule has 1 aromatic carbocycles. The first-order valence-corrected chi connectivity index (χ1v) is 7.02. The number of rotatable bonds is 3. The minimum Gasteiger partial charge on any atom is -0.336 e. The molecule has 3 amide bonds. The Hall–Kier alpha value is -2.22. The van der Waals surface area contributed by atoms with Gasteiger partial charge in [-0.3, -0.25) is 15.0 Å². The first-order valence-electron chi connectivity index (χ1n) is 7.02. The Balaban J connectivity index is 1.68. The van der Waals surface area contributed by atoms with Crippen LogP contribution < -0.4 is 20.9 Å². The number of benzene rings is 1. The summed E-state index contributed by atoms with van der Waals surface area (Å²) in [6.45, 7) is 0.627. The van der Waals surface area contributed by atoms with Crippen LogP contribution in [0.15, 0.2) is 24.3 Å². The molecule has 0 spiro atoms. The fourth-order valence-corrected chi connectivity index (χ4v) is 2.60. The summed E-state index contributed by atoms with van der Waals surface area (Å²) < 4.78 is 26.2. The lowest BCUT2D eigenvalue weighted by Gasteiger charge is -2.16. The van der Waals surface area contributed by atoms with Crippen LogP contribution in [0.2, 0.25) is 0 Å². The van der Waals surface area contributed by atoms with Crippen LogP contribution in [0.5, 0.6) is 0 Å². The summed E-state index contributed by atoms with van der Waals surface area (Å²) in [6.07, 6.45) is -0.507. The summed E-state index contributed by atoms with van der Waals surface area (Å²) in [5.41, 5.74) is 1.12. The molecule has 1 atom stereocenters. The van der Waals surface area contributed by atoms with Gasteiger partial charge in [0.15, 0.2) is 0 Å². The number of urea groups is 1. The first-order chi connectivity index (χ1) is 10.4. The summed E-state index contributed by atoms with van der Waals surface area (Å²) in [5, 5.41) is 7.80. The SMILES string of the molecule is O=C(Nc1cccc(N2CCNC2=O)c1)C1CC(F)(F)CN1. The third kappa shape index (κ3) is 3.01. The number of amides is 3. The Morgan fingerprint density at radius 1 is 1.41 bits per heavy atom. The summed E-state index contributed by atoms with van der Waals surface area (Å²) in [6, 6.07) is 5.66. The Morgan fingerprint density at radius 2 is 2.23 bits per heavy atom. The van der Waals surface area contributed by atoms with E-state index in [1.807, 2.05) is 0 Å². The lowest BCUT2D eigenvalue weighted by molar-refractivity contribution is -0.118. The van der Waals surface area contributed by atoms with Crippen LogP contribution in [0.25, 0.3) is 0 Å². The highest BCUT2D eigenvalue weighted by Gasteiger charge is 2.42. The van der Waals surface area contributed by atoms with Crippen molar-refractivity contribution in [3.63, 3.8) is 0 Å². The van der Waals surface area contributed by atoms with E-state index in [9.17, 15) is 18.4 Å². The van der Waals surface area contributed by atoms with Crippen molar-refractivity contribution in [2.45, 2.75) is 18.4 Å². The van der Waals surface area contributed by atoms with Gasteiger partial charge in [0.2, 0.25) is 5.91 Å². The van der Waals surface area contributed by atoms with E-state index in [1.165, 1.54) is 0 Å². The van der Waals surface area contributed by atoms with Gasteiger partial charge in [-0.25, -0.2) is 13.6 Å². The number of anilines is 2. The van der Waals surface area contributed by atoms with Crippen LogP contribution >= 0.6 is 0 Å². The maximum absolute atomic E-state index is 13.1. The second kappa shape index (κ2) is 5.53. The fraction of sp³-hybridized carbons (Fsp3) is 0.429. The fourth-order valence-electron chi connectivity index (χ4n) is 2.60. The molecule has 0 radical (unpaired) electrons. The predicted octanol–water partition coefficient (Wildman–Crippen LogP) is 1.15. The molecule has 3 rings (SSSR count). The molecule has 8 heteroatoms. The van der Waals surface area contributed by atoms with Crippen molar-refractivity contribution in [3.8, 4) is 0 Å². The van der Waals surface area contributed by atoms with Gasteiger partial charge in [-0.1, -0.05) is 6.07 Å². The van der Waals surface area contributed by atoms with Gasteiger partial charge in [-0.2, -0.15) is 0 Å². The van der Waals surface area contributed by atoms with E-state index in [-0.39, 0.29) is 6.03 Å². The molecule has 2 saturated heterocycles. The van der Waals surface area contributed by atoms with E-state index in [2.05, 4.69) is 16.0 Å². The quantitative estimate of drug-likeness (QED) is 0.784. The Labute approximate surface area is 125 Å². The third-order valence-corrected chi connectivity index (χ3v) is 3.71. The van der Waals surface area contributed by atoms with Gasteiger partial charge in [0.25, 0.3) is 5.92 Å². The normalized spacial score (nSPS) is 23.5. The van der Waals surface area contributed by atoms with Gasteiger partial charge in [-0.05, 0) is 18.2 Å². The van der Waals surface area contributed by atoms with Crippen molar-refractivity contribution in [3.05, 3.63) is 24.3 Å². The molecule has 6 nitrogen and oxygen atoms in total. The van der Waals surface area contributed by atoms with E-state index >= 15 is 0 Å². The predicted molar refractivity (Wildman–Crippen MR) is 77.2 cm³/mol. The first kappa shape index (κ1) is 14.7. The molecular formula is C14H16F2N4O2. The average molecular weight is 310 g/mol. The number of hydrogen-bond donors (Lipinski definition) is 3. The maximum Gasteiger partial charge on any atom is 0.321 e. The van der Waals surface area contributed by atoms with Gasteiger partial charge in [0.1, 0.15) is 0 Å². The highest BCUT2D eigenvalue weighted by molar-refractivity contribution is 5.97. The zero-order valence-corrected chi connectivity index (χ0v) is 11.7. The third-order valence-electron chi connectivity index (χ3n) is 3.71. The Kier molecular flexibility index (Phi) is 3.69. The summed E-state index contributed by atoms with van der Waals surface area (Å²) in [7, 11) is 0. The van der Waals surface area contributed by atoms with Gasteiger partial charge in [-0.15, -0.1) is 0 Å². The average Bonchev–Trinajstić information content (AvgIpc) is 3.05. The molecule has 2 aliphatic heterocycles. The van der Waals surface area contributed by atoms with E-state index in [1.54, 1.807) is 29.2 Å². The van der Waals surface area contributed by atoms with Crippen LogP contribution in [-0.4, -0.2) is 43.5 Å². The highest BCUT2D eigenvalue weighted by atomic mass is 19.3. The molecule has 22 heavy (non-hydrogen) atoms. The van der Waals surface area contributed by atoms with E-state index in [0.717, 1.165) is 0 Å². The minimum atomic E-state index is -2.85. The van der Waals surface area contributed by atoms with Gasteiger partial charge < -0.3 is 10.6 Å². The molecule has 3 N–H and O–H groups in total. The lowest BCUT2D eigenvalue weighted by Crippen LogP contribution is -2.35. The van der Waals surface area contributed by atoms with Crippen LogP contribution in [-0.2, 0) is 4.79 Å². The van der Waals surface area contributed by atoms with Gasteiger partial charge >= 0.3 is 6.03 Å². The zero-order valence-electron chi connectivity index (χ0n) is 11.7.